The van der Waals surface area contributed by atoms with Crippen LogP contribution in [0, 0.1) is 8.99 Å². The molecule has 1 unspecified atom stereocenters. The normalized spacial score (nSPS) is 24.5. The average molecular weight is 309 g/mol. The van der Waals surface area contributed by atoms with E-state index in [-0.39, 0.29) is 0 Å². The second-order valence-electron chi connectivity index (χ2n) is 4.11. The first-order valence-electron chi connectivity index (χ1n) is 4.18. The molecule has 0 aromatic carbocycles. The van der Waals surface area contributed by atoms with Crippen LogP contribution in [0.15, 0.2) is 6.20 Å². The first kappa shape index (κ1) is 9.65. The molecular weight excluding hydrogens is 298 g/mol. The number of rotatable bonds is 1. The molecule has 1 saturated carbocycles. The van der Waals surface area contributed by atoms with E-state index >= 15 is 0 Å². The van der Waals surface area contributed by atoms with Crippen molar-refractivity contribution >= 4 is 34.2 Å². The highest BCUT2D eigenvalue weighted by Crippen LogP contribution is 2.57. The SMILES string of the molecule is CC1(C)CC1c1ncc(I)c(Cl)n1. The van der Waals surface area contributed by atoms with E-state index in [0.717, 1.165) is 9.39 Å². The third-order valence-corrected chi connectivity index (χ3v) is 3.94. The molecule has 1 aromatic rings. The fourth-order valence-corrected chi connectivity index (χ4v) is 1.83. The molecule has 0 bridgehead atoms. The molecule has 4 heteroatoms. The van der Waals surface area contributed by atoms with Gasteiger partial charge in [0.2, 0.25) is 0 Å². The van der Waals surface area contributed by atoms with Crippen LogP contribution in [0.2, 0.25) is 5.15 Å². The monoisotopic (exact) mass is 308 g/mol. The lowest BCUT2D eigenvalue weighted by atomic mass is 10.1. The van der Waals surface area contributed by atoms with Gasteiger partial charge in [-0.25, -0.2) is 9.97 Å². The first-order chi connectivity index (χ1) is 6.00. The molecule has 1 aromatic heterocycles. The topological polar surface area (TPSA) is 25.8 Å². The molecule has 70 valence electrons. The van der Waals surface area contributed by atoms with Crippen LogP contribution in [0.4, 0.5) is 0 Å². The van der Waals surface area contributed by atoms with Crippen molar-refractivity contribution in [3.05, 3.63) is 20.7 Å². The molecular formula is C9H10ClIN2. The second kappa shape index (κ2) is 3.05. The minimum atomic E-state index is 0.371. The fourth-order valence-electron chi connectivity index (χ4n) is 1.43. The predicted octanol–water partition coefficient (Wildman–Crippen LogP) is 3.25. The summed E-state index contributed by atoms with van der Waals surface area (Å²) in [4.78, 5) is 8.57. The van der Waals surface area contributed by atoms with E-state index < -0.39 is 0 Å². The predicted molar refractivity (Wildman–Crippen MR) is 60.9 cm³/mol. The van der Waals surface area contributed by atoms with Gasteiger partial charge in [-0.15, -0.1) is 0 Å². The van der Waals surface area contributed by atoms with Crippen molar-refractivity contribution in [1.82, 2.24) is 9.97 Å². The zero-order valence-corrected chi connectivity index (χ0v) is 10.4. The Morgan fingerprint density at radius 2 is 2.23 bits per heavy atom. The smallest absolute Gasteiger partial charge is 0.146 e. The molecule has 0 radical (unpaired) electrons. The van der Waals surface area contributed by atoms with Gasteiger partial charge in [0.1, 0.15) is 11.0 Å². The van der Waals surface area contributed by atoms with E-state index in [1.165, 1.54) is 6.42 Å². The molecule has 0 N–H and O–H groups in total. The van der Waals surface area contributed by atoms with Crippen LogP contribution in [0.3, 0.4) is 0 Å². The van der Waals surface area contributed by atoms with Gasteiger partial charge in [0.15, 0.2) is 0 Å². The van der Waals surface area contributed by atoms with Crippen LogP contribution in [0.25, 0.3) is 0 Å². The largest absolute Gasteiger partial charge is 0.240 e. The van der Waals surface area contributed by atoms with Gasteiger partial charge >= 0.3 is 0 Å². The summed E-state index contributed by atoms with van der Waals surface area (Å²) in [6.45, 7) is 4.46. The number of nitrogens with zero attached hydrogens (tertiary/aromatic N) is 2. The zero-order chi connectivity index (χ0) is 9.64. The summed E-state index contributed by atoms with van der Waals surface area (Å²) in [5, 5.41) is 0.577. The Labute approximate surface area is 96.3 Å². The molecule has 1 fully saturated rings. The first-order valence-corrected chi connectivity index (χ1v) is 5.64. The average Bonchev–Trinajstić information content (AvgIpc) is 2.66. The van der Waals surface area contributed by atoms with E-state index in [9.17, 15) is 0 Å². The van der Waals surface area contributed by atoms with Crippen molar-refractivity contribution in [2.45, 2.75) is 26.2 Å². The van der Waals surface area contributed by atoms with Crippen LogP contribution >= 0.6 is 34.2 Å². The van der Waals surface area contributed by atoms with Gasteiger partial charge in [-0.1, -0.05) is 25.4 Å². The van der Waals surface area contributed by atoms with Crippen molar-refractivity contribution in [3.63, 3.8) is 0 Å². The minimum absolute atomic E-state index is 0.371. The van der Waals surface area contributed by atoms with Crippen LogP contribution in [0.1, 0.15) is 32.0 Å². The van der Waals surface area contributed by atoms with Gasteiger partial charge in [-0.3, -0.25) is 0 Å². The molecule has 13 heavy (non-hydrogen) atoms. The summed E-state index contributed by atoms with van der Waals surface area (Å²) >= 11 is 8.06. The Morgan fingerprint density at radius 1 is 1.62 bits per heavy atom. The Balaban J connectivity index is 2.29. The Hall–Kier alpha value is 0.1000. The molecule has 2 rings (SSSR count). The summed E-state index contributed by atoms with van der Waals surface area (Å²) in [6, 6.07) is 0. The van der Waals surface area contributed by atoms with E-state index in [1.54, 1.807) is 6.20 Å². The molecule has 0 spiro atoms. The quantitative estimate of drug-likeness (QED) is 0.588. The maximum atomic E-state index is 5.92. The summed E-state index contributed by atoms with van der Waals surface area (Å²) in [5.41, 5.74) is 0.371. The van der Waals surface area contributed by atoms with Crippen molar-refractivity contribution in [1.29, 1.82) is 0 Å². The van der Waals surface area contributed by atoms with Gasteiger partial charge in [0.05, 0.1) is 3.57 Å². The van der Waals surface area contributed by atoms with E-state index in [0.29, 0.717) is 16.5 Å². The standard InChI is InChI=1S/C9H10ClIN2/c1-9(2)3-5(9)8-12-4-6(11)7(10)13-8/h4-5H,3H2,1-2H3. The maximum Gasteiger partial charge on any atom is 0.146 e. The van der Waals surface area contributed by atoms with Gasteiger partial charge in [0, 0.05) is 12.1 Å². The molecule has 1 atom stereocenters. The summed E-state index contributed by atoms with van der Waals surface area (Å²) in [7, 11) is 0. The van der Waals surface area contributed by atoms with Crippen molar-refractivity contribution in [2.24, 2.45) is 5.41 Å². The molecule has 2 nitrogen and oxygen atoms in total. The second-order valence-corrected chi connectivity index (χ2v) is 5.63. The van der Waals surface area contributed by atoms with Gasteiger partial charge in [-0.2, -0.15) is 0 Å². The Kier molecular flexibility index (Phi) is 2.27. The van der Waals surface area contributed by atoms with Gasteiger partial charge in [0.25, 0.3) is 0 Å². The number of hydrogen-bond donors (Lipinski definition) is 0. The lowest BCUT2D eigenvalue weighted by molar-refractivity contribution is 0.608. The molecule has 0 aliphatic heterocycles. The molecule has 1 aliphatic carbocycles. The molecule has 1 heterocycles. The number of hydrogen-bond acceptors (Lipinski definition) is 2. The summed E-state index contributed by atoms with van der Waals surface area (Å²) in [6.07, 6.45) is 2.96. The maximum absolute atomic E-state index is 5.92. The third kappa shape index (κ3) is 1.81. The molecule has 0 saturated heterocycles. The van der Waals surface area contributed by atoms with Crippen LogP contribution in [-0.4, -0.2) is 9.97 Å². The van der Waals surface area contributed by atoms with E-state index in [2.05, 4.69) is 46.4 Å². The fraction of sp³-hybridized carbons (Fsp3) is 0.556. The van der Waals surface area contributed by atoms with Crippen LogP contribution in [0.5, 0.6) is 0 Å². The highest BCUT2D eigenvalue weighted by atomic mass is 127. The lowest BCUT2D eigenvalue weighted by Crippen LogP contribution is -1.98. The van der Waals surface area contributed by atoms with E-state index in [1.807, 2.05) is 0 Å². The van der Waals surface area contributed by atoms with Crippen LogP contribution in [-0.2, 0) is 0 Å². The van der Waals surface area contributed by atoms with Crippen molar-refractivity contribution < 1.29 is 0 Å². The van der Waals surface area contributed by atoms with Gasteiger partial charge < -0.3 is 0 Å². The van der Waals surface area contributed by atoms with Crippen molar-refractivity contribution in [2.75, 3.05) is 0 Å². The lowest BCUT2D eigenvalue weighted by Gasteiger charge is -2.02. The highest BCUT2D eigenvalue weighted by molar-refractivity contribution is 14.1. The van der Waals surface area contributed by atoms with Crippen LogP contribution < -0.4 is 0 Å². The number of aromatic nitrogens is 2. The number of halogens is 2. The highest BCUT2D eigenvalue weighted by Gasteiger charge is 2.48. The van der Waals surface area contributed by atoms with Gasteiger partial charge in [-0.05, 0) is 34.4 Å². The molecule has 1 aliphatic rings. The Bertz CT molecular complexity index is 351. The third-order valence-electron chi connectivity index (χ3n) is 2.55. The summed E-state index contributed by atoms with van der Waals surface area (Å²) < 4.78 is 0.918. The molecule has 0 amide bonds. The zero-order valence-electron chi connectivity index (χ0n) is 7.51. The van der Waals surface area contributed by atoms with E-state index in [4.69, 9.17) is 11.6 Å². The minimum Gasteiger partial charge on any atom is -0.240 e. The summed E-state index contributed by atoms with van der Waals surface area (Å²) in [5.74, 6) is 1.40. The van der Waals surface area contributed by atoms with Crippen molar-refractivity contribution in [3.8, 4) is 0 Å². The Morgan fingerprint density at radius 3 is 2.69 bits per heavy atom.